The Morgan fingerprint density at radius 2 is 1.61 bits per heavy atom. The molecule has 0 aliphatic carbocycles. The van der Waals surface area contributed by atoms with E-state index in [4.69, 9.17) is 29.9 Å². The molecule has 38 heavy (non-hydrogen) atoms. The summed E-state index contributed by atoms with van der Waals surface area (Å²) in [4.78, 5) is 23.2. The van der Waals surface area contributed by atoms with E-state index in [2.05, 4.69) is 19.2 Å². The van der Waals surface area contributed by atoms with Crippen LogP contribution in [0.15, 0.2) is 36.4 Å². The number of nitrogens with two attached hydrogens (primary N) is 1. The molecule has 202 valence electrons. The fourth-order valence-electron chi connectivity index (χ4n) is 4.71. The van der Waals surface area contributed by atoms with Crippen molar-refractivity contribution in [2.45, 2.75) is 52.6 Å². The highest BCUT2D eigenvalue weighted by molar-refractivity contribution is 6.10. The van der Waals surface area contributed by atoms with Gasteiger partial charge in [0.05, 0.1) is 38.9 Å². The average Bonchev–Trinajstić information content (AvgIpc) is 3.16. The lowest BCUT2D eigenvalue weighted by Crippen LogP contribution is -2.33. The van der Waals surface area contributed by atoms with Gasteiger partial charge < -0.3 is 29.8 Å². The molecule has 1 atom stereocenters. The minimum absolute atomic E-state index is 0.00239. The number of amides is 1. The summed E-state index contributed by atoms with van der Waals surface area (Å²) in [6.07, 6.45) is 3.05. The number of ether oxygens (including phenoxy) is 3. The Bertz CT molecular complexity index is 1420. The van der Waals surface area contributed by atoms with Crippen molar-refractivity contribution >= 4 is 33.9 Å². The van der Waals surface area contributed by atoms with Crippen LogP contribution in [0.2, 0.25) is 0 Å². The van der Waals surface area contributed by atoms with Crippen molar-refractivity contribution in [3.63, 3.8) is 0 Å². The molecule has 4 aromatic rings. The van der Waals surface area contributed by atoms with Gasteiger partial charge in [0.2, 0.25) is 5.75 Å². The van der Waals surface area contributed by atoms with Gasteiger partial charge in [0.1, 0.15) is 16.9 Å². The maximum absolute atomic E-state index is 13.5. The molecule has 3 N–H and O–H groups in total. The Hall–Kier alpha value is -4.01. The lowest BCUT2D eigenvalue weighted by Gasteiger charge is -2.16. The van der Waals surface area contributed by atoms with E-state index in [1.54, 1.807) is 21.3 Å². The fourth-order valence-corrected chi connectivity index (χ4v) is 4.71. The van der Waals surface area contributed by atoms with Gasteiger partial charge in [-0.15, -0.1) is 0 Å². The Morgan fingerprint density at radius 3 is 2.18 bits per heavy atom. The maximum Gasteiger partial charge on any atom is 0.257 e. The number of benzene rings is 2. The second-order valence-corrected chi connectivity index (χ2v) is 9.96. The van der Waals surface area contributed by atoms with Crippen molar-refractivity contribution < 1.29 is 19.0 Å². The van der Waals surface area contributed by atoms with Gasteiger partial charge in [-0.05, 0) is 49.1 Å². The van der Waals surface area contributed by atoms with Gasteiger partial charge >= 0.3 is 0 Å². The third-order valence-corrected chi connectivity index (χ3v) is 6.68. The number of rotatable bonds is 11. The molecule has 2 aromatic carbocycles. The van der Waals surface area contributed by atoms with Crippen LogP contribution in [0.4, 0.5) is 5.82 Å². The number of carbonyl (C=O) groups is 1. The van der Waals surface area contributed by atoms with Crippen LogP contribution >= 0.6 is 0 Å². The second-order valence-electron chi connectivity index (χ2n) is 9.96. The molecular weight excluding hydrogens is 482 g/mol. The van der Waals surface area contributed by atoms with Crippen LogP contribution in [0.25, 0.3) is 22.2 Å². The fraction of sp³-hybridized carbons (Fsp3) is 0.414. The van der Waals surface area contributed by atoms with Gasteiger partial charge in [0.15, 0.2) is 17.1 Å². The molecule has 2 heterocycles. The number of hydrogen-bond donors (Lipinski definition) is 2. The van der Waals surface area contributed by atoms with Crippen LogP contribution in [-0.2, 0) is 6.54 Å². The van der Waals surface area contributed by atoms with Crippen LogP contribution in [0, 0.1) is 5.92 Å². The lowest BCUT2D eigenvalue weighted by molar-refractivity contribution is 0.0940. The molecule has 2 aromatic heterocycles. The van der Waals surface area contributed by atoms with Crippen molar-refractivity contribution in [3.05, 3.63) is 47.5 Å². The number of methoxy groups -OCH3 is 3. The molecule has 0 fully saturated rings. The number of nitrogens with zero attached hydrogens (tertiary/aromatic N) is 3. The number of anilines is 1. The van der Waals surface area contributed by atoms with E-state index in [1.165, 1.54) is 0 Å². The van der Waals surface area contributed by atoms with Crippen molar-refractivity contribution in [2.24, 2.45) is 5.92 Å². The van der Waals surface area contributed by atoms with E-state index < -0.39 is 0 Å². The second kappa shape index (κ2) is 11.6. The molecule has 4 rings (SSSR count). The zero-order valence-corrected chi connectivity index (χ0v) is 23.0. The zero-order chi connectivity index (χ0) is 27.4. The first-order valence-corrected chi connectivity index (χ1v) is 12.9. The van der Waals surface area contributed by atoms with Gasteiger partial charge in [0, 0.05) is 6.04 Å². The molecule has 0 radical (unpaired) electrons. The Morgan fingerprint density at radius 1 is 0.974 bits per heavy atom. The third kappa shape index (κ3) is 5.46. The largest absolute Gasteiger partial charge is 0.493 e. The first-order chi connectivity index (χ1) is 18.3. The Labute approximate surface area is 223 Å². The third-order valence-electron chi connectivity index (χ3n) is 6.68. The predicted octanol–water partition coefficient (Wildman–Crippen LogP) is 5.19. The van der Waals surface area contributed by atoms with Gasteiger partial charge in [0.25, 0.3) is 5.91 Å². The summed E-state index contributed by atoms with van der Waals surface area (Å²) in [5.74, 6) is 2.24. The number of hydrogen-bond acceptors (Lipinski definition) is 7. The van der Waals surface area contributed by atoms with E-state index in [1.807, 2.05) is 47.9 Å². The molecule has 0 bridgehead atoms. The summed E-state index contributed by atoms with van der Waals surface area (Å²) in [6, 6.07) is 11.3. The average molecular weight is 520 g/mol. The van der Waals surface area contributed by atoms with Crippen LogP contribution in [0.1, 0.15) is 56.0 Å². The zero-order valence-electron chi connectivity index (χ0n) is 23.0. The maximum atomic E-state index is 13.5. The topological polar surface area (TPSA) is 114 Å². The molecule has 0 saturated carbocycles. The molecular formula is C29H37N5O4. The highest BCUT2D eigenvalue weighted by atomic mass is 16.5. The SMILES string of the molecule is COc1cc(Cn2c(N)c(C(=O)N[C@@H](C)CCCC(C)C)c3nc4ccccc4nc32)cc(OC)c1OC. The summed E-state index contributed by atoms with van der Waals surface area (Å²) < 4.78 is 18.3. The molecule has 0 aliphatic heterocycles. The van der Waals surface area contributed by atoms with Gasteiger partial charge in [-0.25, -0.2) is 9.97 Å². The van der Waals surface area contributed by atoms with Crippen LogP contribution in [0.3, 0.4) is 0 Å². The number of para-hydroxylation sites is 2. The van der Waals surface area contributed by atoms with Crippen LogP contribution in [-0.4, -0.2) is 47.8 Å². The van der Waals surface area contributed by atoms with Crippen LogP contribution in [0.5, 0.6) is 17.2 Å². The number of aromatic nitrogens is 3. The van der Waals surface area contributed by atoms with E-state index in [0.717, 1.165) is 30.3 Å². The molecule has 0 aliphatic rings. The van der Waals surface area contributed by atoms with Crippen molar-refractivity contribution in [1.29, 1.82) is 0 Å². The summed E-state index contributed by atoms with van der Waals surface area (Å²) in [5, 5.41) is 3.12. The molecule has 0 saturated heterocycles. The van der Waals surface area contributed by atoms with Gasteiger partial charge in [-0.3, -0.25) is 4.79 Å². The Kier molecular flexibility index (Phi) is 8.24. The standard InChI is InChI=1S/C29H37N5O4/c1-17(2)10-9-11-18(3)31-29(35)24-25-28(33-21-13-8-7-12-20(21)32-25)34(27(24)30)16-19-14-22(36-4)26(38-6)23(15-19)37-5/h7-8,12-15,17-18H,9-11,16,30H2,1-6H3,(H,31,35)/t18-/m0/s1. The molecule has 0 unspecified atom stereocenters. The quantitative estimate of drug-likeness (QED) is 0.280. The summed E-state index contributed by atoms with van der Waals surface area (Å²) in [6.45, 7) is 6.75. The highest BCUT2D eigenvalue weighted by Gasteiger charge is 2.25. The highest BCUT2D eigenvalue weighted by Crippen LogP contribution is 2.39. The number of fused-ring (bicyclic) bond motifs is 2. The summed E-state index contributed by atoms with van der Waals surface area (Å²) in [7, 11) is 4.71. The number of nitrogen functional groups attached to an aromatic ring is 1. The van der Waals surface area contributed by atoms with E-state index >= 15 is 0 Å². The van der Waals surface area contributed by atoms with Gasteiger partial charge in [-0.1, -0.05) is 38.8 Å². The first kappa shape index (κ1) is 27.0. The van der Waals surface area contributed by atoms with Crippen molar-refractivity contribution in [2.75, 3.05) is 27.1 Å². The number of nitrogens with one attached hydrogen (secondary N) is 1. The summed E-state index contributed by atoms with van der Waals surface area (Å²) in [5.41, 5.74) is 10.3. The van der Waals surface area contributed by atoms with E-state index in [0.29, 0.717) is 57.8 Å². The smallest absolute Gasteiger partial charge is 0.257 e. The van der Waals surface area contributed by atoms with Crippen molar-refractivity contribution in [1.82, 2.24) is 19.9 Å². The van der Waals surface area contributed by atoms with E-state index in [9.17, 15) is 4.79 Å². The predicted molar refractivity (Wildman–Crippen MR) is 150 cm³/mol. The minimum Gasteiger partial charge on any atom is -0.493 e. The first-order valence-electron chi connectivity index (χ1n) is 12.9. The monoisotopic (exact) mass is 519 g/mol. The molecule has 1 amide bonds. The lowest BCUT2D eigenvalue weighted by atomic mass is 10.0. The van der Waals surface area contributed by atoms with Crippen molar-refractivity contribution in [3.8, 4) is 17.2 Å². The molecule has 9 nitrogen and oxygen atoms in total. The minimum atomic E-state index is -0.252. The van der Waals surface area contributed by atoms with Crippen LogP contribution < -0.4 is 25.3 Å². The normalized spacial score (nSPS) is 12.2. The summed E-state index contributed by atoms with van der Waals surface area (Å²) >= 11 is 0. The van der Waals surface area contributed by atoms with Gasteiger partial charge in [-0.2, -0.15) is 0 Å². The molecule has 9 heteroatoms. The molecule has 0 spiro atoms. The Balaban J connectivity index is 1.78. The number of carbonyl (C=O) groups excluding carboxylic acids is 1. The van der Waals surface area contributed by atoms with E-state index in [-0.39, 0.29) is 11.9 Å².